The molecule has 0 aromatic heterocycles. The molecule has 0 saturated heterocycles. The average Bonchev–Trinajstić information content (AvgIpc) is 2.64. The van der Waals surface area contributed by atoms with Crippen LogP contribution in [0.15, 0.2) is 42.5 Å². The van der Waals surface area contributed by atoms with E-state index in [9.17, 15) is 5.11 Å². The molecule has 156 valence electrons. The van der Waals surface area contributed by atoms with Gasteiger partial charge in [0.05, 0.1) is 0 Å². The molecule has 0 heterocycles. The van der Waals surface area contributed by atoms with Gasteiger partial charge in [-0.2, -0.15) is 0 Å². The minimum Gasteiger partial charge on any atom is -0.491 e. The summed E-state index contributed by atoms with van der Waals surface area (Å²) in [7, 11) is 0. The third kappa shape index (κ3) is 7.12. The monoisotopic (exact) mass is 405 g/mol. The number of rotatable bonds is 8. The fourth-order valence-electron chi connectivity index (χ4n) is 3.07. The summed E-state index contributed by atoms with van der Waals surface area (Å²) in [6, 6.07) is 15.1. The van der Waals surface area contributed by atoms with Gasteiger partial charge in [0.1, 0.15) is 18.5 Å². The van der Waals surface area contributed by atoms with E-state index in [-0.39, 0.29) is 30.5 Å². The average molecular weight is 406 g/mol. The predicted octanol–water partition coefficient (Wildman–Crippen LogP) is 5.37. The van der Waals surface area contributed by atoms with E-state index in [0.717, 1.165) is 12.2 Å². The summed E-state index contributed by atoms with van der Waals surface area (Å²) in [6.45, 7) is 13.7. The van der Waals surface area contributed by atoms with Gasteiger partial charge in [0.2, 0.25) is 0 Å². The fraction of sp³-hybridized carbons (Fsp3) is 0.500. The highest BCUT2D eigenvalue weighted by atomic mass is 35.5. The Balaban J connectivity index is 0.00000392. The van der Waals surface area contributed by atoms with Crippen LogP contribution in [0.5, 0.6) is 5.75 Å². The van der Waals surface area contributed by atoms with Crippen LogP contribution < -0.4 is 10.1 Å². The van der Waals surface area contributed by atoms with E-state index in [0.29, 0.717) is 6.54 Å². The fourth-order valence-corrected chi connectivity index (χ4v) is 3.07. The number of halogens is 1. The van der Waals surface area contributed by atoms with Gasteiger partial charge in [-0.05, 0) is 48.4 Å². The number of benzene rings is 2. The third-order valence-electron chi connectivity index (χ3n) is 4.92. The first-order valence-electron chi connectivity index (χ1n) is 9.95. The zero-order valence-corrected chi connectivity index (χ0v) is 18.9. The Morgan fingerprint density at radius 2 is 1.71 bits per heavy atom. The zero-order chi connectivity index (χ0) is 20.0. The number of aliphatic hydroxyl groups excluding tert-OH is 1. The topological polar surface area (TPSA) is 41.5 Å². The Morgan fingerprint density at radius 3 is 2.29 bits per heavy atom. The van der Waals surface area contributed by atoms with Crippen molar-refractivity contribution in [2.45, 2.75) is 65.5 Å². The Morgan fingerprint density at radius 1 is 1.07 bits per heavy atom. The molecule has 0 spiro atoms. The number of hydrogen-bond acceptors (Lipinski definition) is 3. The van der Waals surface area contributed by atoms with Crippen molar-refractivity contribution in [2.75, 3.05) is 13.2 Å². The van der Waals surface area contributed by atoms with Crippen LogP contribution in [0.25, 0.3) is 0 Å². The summed E-state index contributed by atoms with van der Waals surface area (Å²) in [5.41, 5.74) is 4.97. The minimum absolute atomic E-state index is 0. The Bertz CT molecular complexity index is 722. The second-order valence-corrected chi connectivity index (χ2v) is 8.44. The van der Waals surface area contributed by atoms with Crippen molar-refractivity contribution in [3.63, 3.8) is 0 Å². The second-order valence-electron chi connectivity index (χ2n) is 8.44. The van der Waals surface area contributed by atoms with Crippen LogP contribution in [0, 0.1) is 6.92 Å². The normalized spacial score (nSPS) is 13.5. The summed E-state index contributed by atoms with van der Waals surface area (Å²) in [6.07, 6.45) is 0.491. The number of aliphatic hydroxyl groups is 1. The van der Waals surface area contributed by atoms with Crippen molar-refractivity contribution in [3.05, 3.63) is 64.7 Å². The standard InChI is InChI=1S/C24H35NO2.ClH/c1-7-19-9-11-20(12-10-19)18(3)25-15-21(26)16-27-23-13-8-17(2)14-22(23)24(4,5)6;/h8-14,18,21,25-26H,7,15-16H2,1-6H3;1H. The van der Waals surface area contributed by atoms with Gasteiger partial charge < -0.3 is 15.2 Å². The molecule has 0 amide bonds. The highest BCUT2D eigenvalue weighted by Gasteiger charge is 2.20. The van der Waals surface area contributed by atoms with Crippen molar-refractivity contribution < 1.29 is 9.84 Å². The maximum Gasteiger partial charge on any atom is 0.123 e. The smallest absolute Gasteiger partial charge is 0.123 e. The number of nitrogens with one attached hydrogen (secondary N) is 1. The summed E-state index contributed by atoms with van der Waals surface area (Å²) in [4.78, 5) is 0. The predicted molar refractivity (Wildman–Crippen MR) is 121 cm³/mol. The van der Waals surface area contributed by atoms with Crippen LogP contribution in [-0.4, -0.2) is 24.4 Å². The molecule has 0 aliphatic heterocycles. The third-order valence-corrected chi connectivity index (χ3v) is 4.92. The Hall–Kier alpha value is -1.55. The van der Waals surface area contributed by atoms with Gasteiger partial charge in [-0.3, -0.25) is 0 Å². The minimum atomic E-state index is -0.559. The number of aryl methyl sites for hydroxylation is 2. The van der Waals surface area contributed by atoms with Gasteiger partial charge in [-0.15, -0.1) is 12.4 Å². The van der Waals surface area contributed by atoms with Gasteiger partial charge in [-0.25, -0.2) is 0 Å². The molecule has 3 nitrogen and oxygen atoms in total. The molecule has 0 saturated carbocycles. The first kappa shape index (κ1) is 24.5. The molecule has 0 aliphatic rings. The van der Waals surface area contributed by atoms with Crippen molar-refractivity contribution in [1.29, 1.82) is 0 Å². The van der Waals surface area contributed by atoms with E-state index in [1.54, 1.807) is 0 Å². The molecule has 0 aliphatic carbocycles. The molecule has 2 aromatic rings. The lowest BCUT2D eigenvalue weighted by Crippen LogP contribution is -2.33. The van der Waals surface area contributed by atoms with E-state index < -0.39 is 6.10 Å². The van der Waals surface area contributed by atoms with E-state index in [1.165, 1.54) is 22.3 Å². The van der Waals surface area contributed by atoms with Gasteiger partial charge in [0, 0.05) is 12.6 Å². The van der Waals surface area contributed by atoms with Crippen LogP contribution in [0.1, 0.15) is 62.9 Å². The quantitative estimate of drug-likeness (QED) is 0.620. The highest BCUT2D eigenvalue weighted by Crippen LogP contribution is 2.32. The van der Waals surface area contributed by atoms with E-state index in [4.69, 9.17) is 4.74 Å². The molecule has 2 aromatic carbocycles. The van der Waals surface area contributed by atoms with Gasteiger partial charge in [0.15, 0.2) is 0 Å². The van der Waals surface area contributed by atoms with Crippen molar-refractivity contribution in [2.24, 2.45) is 0 Å². The molecule has 2 unspecified atom stereocenters. The molecule has 2 atom stereocenters. The SMILES string of the molecule is CCc1ccc(C(C)NCC(O)COc2ccc(C)cc2C(C)(C)C)cc1.Cl. The lowest BCUT2D eigenvalue weighted by molar-refractivity contribution is 0.103. The molecule has 0 bridgehead atoms. The number of hydrogen-bond donors (Lipinski definition) is 2. The van der Waals surface area contributed by atoms with Crippen LogP contribution in [0.3, 0.4) is 0 Å². The van der Waals surface area contributed by atoms with Crippen LogP contribution >= 0.6 is 12.4 Å². The number of ether oxygens (including phenoxy) is 1. The molecular formula is C24H36ClNO2. The van der Waals surface area contributed by atoms with Crippen LogP contribution in [0.4, 0.5) is 0 Å². The molecule has 28 heavy (non-hydrogen) atoms. The van der Waals surface area contributed by atoms with E-state index in [1.807, 2.05) is 6.07 Å². The first-order valence-corrected chi connectivity index (χ1v) is 9.95. The zero-order valence-electron chi connectivity index (χ0n) is 18.1. The molecule has 0 radical (unpaired) electrons. The Labute approximate surface area is 176 Å². The van der Waals surface area contributed by atoms with Gasteiger partial charge in [-0.1, -0.05) is 69.7 Å². The van der Waals surface area contributed by atoms with Crippen molar-refractivity contribution in [3.8, 4) is 5.75 Å². The maximum atomic E-state index is 10.3. The van der Waals surface area contributed by atoms with E-state index in [2.05, 4.69) is 83.3 Å². The molecule has 2 N–H and O–H groups in total. The largest absolute Gasteiger partial charge is 0.491 e. The maximum absolute atomic E-state index is 10.3. The summed E-state index contributed by atoms with van der Waals surface area (Å²) >= 11 is 0. The summed E-state index contributed by atoms with van der Waals surface area (Å²) < 4.78 is 5.96. The lowest BCUT2D eigenvalue weighted by atomic mass is 9.85. The molecule has 0 fully saturated rings. The molecular weight excluding hydrogens is 370 g/mol. The van der Waals surface area contributed by atoms with Gasteiger partial charge >= 0.3 is 0 Å². The second kappa shape index (κ2) is 10.8. The van der Waals surface area contributed by atoms with Crippen molar-refractivity contribution >= 4 is 12.4 Å². The summed E-state index contributed by atoms with van der Waals surface area (Å²) in [5, 5.41) is 13.7. The van der Waals surface area contributed by atoms with Crippen molar-refractivity contribution in [1.82, 2.24) is 5.32 Å². The molecule has 2 rings (SSSR count). The van der Waals surface area contributed by atoms with Crippen LogP contribution in [0.2, 0.25) is 0 Å². The molecule has 4 heteroatoms. The Kier molecular flexibility index (Phi) is 9.49. The summed E-state index contributed by atoms with van der Waals surface area (Å²) in [5.74, 6) is 0.857. The first-order chi connectivity index (χ1) is 12.7. The van der Waals surface area contributed by atoms with Crippen LogP contribution in [-0.2, 0) is 11.8 Å². The highest BCUT2D eigenvalue weighted by molar-refractivity contribution is 5.85. The van der Waals surface area contributed by atoms with E-state index >= 15 is 0 Å². The van der Waals surface area contributed by atoms with Gasteiger partial charge in [0.25, 0.3) is 0 Å². The lowest BCUT2D eigenvalue weighted by Gasteiger charge is -2.24.